The Kier molecular flexibility index (Phi) is 7.03. The summed E-state index contributed by atoms with van der Waals surface area (Å²) in [4.78, 5) is 34.0. The maximum absolute atomic E-state index is 13.7. The minimum Gasteiger partial charge on any atom is -0.461 e. The molecule has 2 amide bonds. The average Bonchev–Trinajstić information content (AvgIpc) is 3.39. The lowest BCUT2D eigenvalue weighted by atomic mass is 9.90. The third-order valence-corrected chi connectivity index (χ3v) is 7.42. The highest BCUT2D eigenvalue weighted by Crippen LogP contribution is 2.31. The number of aromatic nitrogens is 1. The van der Waals surface area contributed by atoms with Crippen LogP contribution in [0.4, 0.5) is 0 Å². The molecule has 0 spiro atoms. The van der Waals surface area contributed by atoms with E-state index >= 15 is 0 Å². The molecule has 1 N–H and O–H groups in total. The molecule has 1 aliphatic rings. The van der Waals surface area contributed by atoms with Crippen molar-refractivity contribution in [1.29, 1.82) is 0 Å². The molecule has 1 aliphatic heterocycles. The Balaban J connectivity index is 1.56. The van der Waals surface area contributed by atoms with E-state index in [9.17, 15) is 9.59 Å². The fraction of sp³-hybridized carbons (Fsp3) is 0.370. The SMILES string of the molecule is C=C(C=CC)c1sc(C)nc1C(=O)N1CCCC(C)C1CNC(=O)c1cccc2oc(C)cc12. The van der Waals surface area contributed by atoms with E-state index < -0.39 is 0 Å². The molecular weight excluding hydrogens is 446 g/mol. The maximum atomic E-state index is 13.7. The number of carbonyl (C=O) groups is 2. The number of furan rings is 1. The number of rotatable bonds is 6. The lowest BCUT2D eigenvalue weighted by Crippen LogP contribution is -2.53. The van der Waals surface area contributed by atoms with Crippen LogP contribution in [0, 0.1) is 19.8 Å². The molecule has 1 fully saturated rings. The van der Waals surface area contributed by atoms with Crippen LogP contribution < -0.4 is 5.32 Å². The summed E-state index contributed by atoms with van der Waals surface area (Å²) in [6, 6.07) is 7.26. The first kappa shape index (κ1) is 24.0. The number of benzene rings is 1. The van der Waals surface area contributed by atoms with Gasteiger partial charge in [-0.3, -0.25) is 9.59 Å². The minimum atomic E-state index is -0.164. The molecule has 6 nitrogen and oxygen atoms in total. The fourth-order valence-electron chi connectivity index (χ4n) is 4.69. The zero-order valence-electron chi connectivity index (χ0n) is 20.2. The molecule has 3 heterocycles. The molecule has 178 valence electrons. The molecule has 4 rings (SSSR count). The molecular formula is C27H31N3O3S. The fourth-order valence-corrected chi connectivity index (χ4v) is 5.55. The predicted molar refractivity (Wildman–Crippen MR) is 137 cm³/mol. The lowest BCUT2D eigenvalue weighted by molar-refractivity contribution is 0.0502. The second-order valence-corrected chi connectivity index (χ2v) is 10.1. The number of allylic oxidation sites excluding steroid dienone is 3. The molecule has 2 aromatic heterocycles. The first-order chi connectivity index (χ1) is 16.3. The van der Waals surface area contributed by atoms with Gasteiger partial charge in [0.25, 0.3) is 11.8 Å². The van der Waals surface area contributed by atoms with E-state index in [0.29, 0.717) is 29.9 Å². The standard InChI is InChI=1S/C27H31N3O3S/c1-6-9-17(3)25-24(29-19(5)34-25)27(32)30-13-8-10-16(2)22(30)15-28-26(31)20-11-7-12-23-21(20)14-18(4)33-23/h6-7,9,11-12,14,16,22H,3,8,10,13,15H2,1-2,4-5H3,(H,28,31). The lowest BCUT2D eigenvalue weighted by Gasteiger charge is -2.40. The number of hydrogen-bond donors (Lipinski definition) is 1. The minimum absolute atomic E-state index is 0.0941. The summed E-state index contributed by atoms with van der Waals surface area (Å²) in [6.07, 6.45) is 5.75. The summed E-state index contributed by atoms with van der Waals surface area (Å²) in [5.41, 5.74) is 2.51. The summed E-state index contributed by atoms with van der Waals surface area (Å²) in [5, 5.41) is 4.71. The number of aryl methyl sites for hydroxylation is 2. The van der Waals surface area contributed by atoms with Crippen LogP contribution in [-0.2, 0) is 0 Å². The van der Waals surface area contributed by atoms with Gasteiger partial charge < -0.3 is 14.6 Å². The zero-order chi connectivity index (χ0) is 24.4. The van der Waals surface area contributed by atoms with Gasteiger partial charge in [-0.05, 0) is 63.3 Å². The van der Waals surface area contributed by atoms with Crippen molar-refractivity contribution in [2.24, 2.45) is 5.92 Å². The Bertz CT molecular complexity index is 1270. The van der Waals surface area contributed by atoms with E-state index in [0.717, 1.165) is 39.4 Å². The van der Waals surface area contributed by atoms with Crippen molar-refractivity contribution in [3.8, 4) is 0 Å². The van der Waals surface area contributed by atoms with Crippen molar-refractivity contribution in [1.82, 2.24) is 15.2 Å². The van der Waals surface area contributed by atoms with Gasteiger partial charge in [-0.2, -0.15) is 0 Å². The third kappa shape index (κ3) is 4.71. The van der Waals surface area contributed by atoms with Gasteiger partial charge in [0.2, 0.25) is 0 Å². The van der Waals surface area contributed by atoms with E-state index in [2.05, 4.69) is 23.8 Å². The number of piperidine rings is 1. The number of likely N-dealkylation sites (tertiary alicyclic amines) is 1. The number of amides is 2. The maximum Gasteiger partial charge on any atom is 0.274 e. The van der Waals surface area contributed by atoms with Crippen molar-refractivity contribution in [3.05, 3.63) is 69.9 Å². The topological polar surface area (TPSA) is 75.4 Å². The molecule has 1 aromatic carbocycles. The van der Waals surface area contributed by atoms with Gasteiger partial charge in [-0.25, -0.2) is 4.98 Å². The molecule has 0 aliphatic carbocycles. The van der Waals surface area contributed by atoms with Crippen molar-refractivity contribution < 1.29 is 14.0 Å². The Morgan fingerprint density at radius 2 is 2.15 bits per heavy atom. The van der Waals surface area contributed by atoms with Crippen molar-refractivity contribution in [2.45, 2.75) is 46.6 Å². The first-order valence-electron chi connectivity index (χ1n) is 11.7. The Labute approximate surface area is 204 Å². The molecule has 0 bridgehead atoms. The molecule has 34 heavy (non-hydrogen) atoms. The van der Waals surface area contributed by atoms with E-state index in [4.69, 9.17) is 4.42 Å². The summed E-state index contributed by atoms with van der Waals surface area (Å²) in [6.45, 7) is 13.0. The predicted octanol–water partition coefficient (Wildman–Crippen LogP) is 5.77. The summed E-state index contributed by atoms with van der Waals surface area (Å²) >= 11 is 1.49. The molecule has 3 aromatic rings. The monoisotopic (exact) mass is 477 g/mol. The average molecular weight is 478 g/mol. The number of fused-ring (bicyclic) bond motifs is 1. The summed E-state index contributed by atoms with van der Waals surface area (Å²) in [5.74, 6) is 0.764. The molecule has 1 saturated heterocycles. The molecule has 2 atom stereocenters. The molecule has 2 unspecified atom stereocenters. The highest BCUT2D eigenvalue weighted by Gasteiger charge is 2.35. The summed E-state index contributed by atoms with van der Waals surface area (Å²) < 4.78 is 5.67. The van der Waals surface area contributed by atoms with Crippen LogP contribution in [0.1, 0.15) is 63.2 Å². The normalized spacial score (nSPS) is 18.5. The number of thiazole rings is 1. The largest absolute Gasteiger partial charge is 0.461 e. The van der Waals surface area contributed by atoms with E-state index in [1.807, 2.05) is 56.0 Å². The molecule has 0 radical (unpaired) electrons. The smallest absolute Gasteiger partial charge is 0.274 e. The summed E-state index contributed by atoms with van der Waals surface area (Å²) in [7, 11) is 0. The van der Waals surface area contributed by atoms with Crippen LogP contribution in [0.25, 0.3) is 16.5 Å². The van der Waals surface area contributed by atoms with Gasteiger partial charge in [-0.1, -0.05) is 31.7 Å². The van der Waals surface area contributed by atoms with Gasteiger partial charge in [0.1, 0.15) is 17.0 Å². The Morgan fingerprint density at radius 1 is 1.35 bits per heavy atom. The van der Waals surface area contributed by atoms with E-state index in [1.165, 1.54) is 11.3 Å². The van der Waals surface area contributed by atoms with Crippen LogP contribution in [0.3, 0.4) is 0 Å². The highest BCUT2D eigenvalue weighted by molar-refractivity contribution is 7.13. The van der Waals surface area contributed by atoms with Gasteiger partial charge in [0.15, 0.2) is 0 Å². The Hall–Kier alpha value is -3.19. The second kappa shape index (κ2) is 9.97. The van der Waals surface area contributed by atoms with Gasteiger partial charge >= 0.3 is 0 Å². The zero-order valence-corrected chi connectivity index (χ0v) is 21.0. The van der Waals surface area contributed by atoms with Gasteiger partial charge in [0, 0.05) is 18.5 Å². The quantitative estimate of drug-likeness (QED) is 0.458. The van der Waals surface area contributed by atoms with Crippen molar-refractivity contribution in [2.75, 3.05) is 13.1 Å². The third-order valence-electron chi connectivity index (χ3n) is 6.37. The van der Waals surface area contributed by atoms with E-state index in [1.54, 1.807) is 6.07 Å². The molecule has 0 saturated carbocycles. The van der Waals surface area contributed by atoms with Crippen molar-refractivity contribution >= 4 is 39.7 Å². The van der Waals surface area contributed by atoms with Crippen LogP contribution >= 0.6 is 11.3 Å². The number of carbonyl (C=O) groups excluding carboxylic acids is 2. The number of hydrogen-bond acceptors (Lipinski definition) is 5. The van der Waals surface area contributed by atoms with Crippen molar-refractivity contribution in [3.63, 3.8) is 0 Å². The highest BCUT2D eigenvalue weighted by atomic mass is 32.1. The first-order valence-corrected chi connectivity index (χ1v) is 12.5. The second-order valence-electron chi connectivity index (χ2n) is 8.91. The number of nitrogens with one attached hydrogen (secondary N) is 1. The van der Waals surface area contributed by atoms with Crippen LogP contribution in [-0.4, -0.2) is 40.8 Å². The van der Waals surface area contributed by atoms with Crippen LogP contribution in [0.5, 0.6) is 0 Å². The molecule has 7 heteroatoms. The van der Waals surface area contributed by atoms with Gasteiger partial charge in [-0.15, -0.1) is 11.3 Å². The van der Waals surface area contributed by atoms with Crippen LogP contribution in [0.15, 0.2) is 47.4 Å². The van der Waals surface area contributed by atoms with Gasteiger partial charge in [0.05, 0.1) is 21.5 Å². The Morgan fingerprint density at radius 3 is 2.91 bits per heavy atom. The number of nitrogens with zero attached hydrogens (tertiary/aromatic N) is 2. The van der Waals surface area contributed by atoms with Crippen LogP contribution in [0.2, 0.25) is 0 Å². The van der Waals surface area contributed by atoms with E-state index in [-0.39, 0.29) is 23.8 Å².